The van der Waals surface area contributed by atoms with Crippen molar-refractivity contribution < 1.29 is 0 Å². The molecule has 0 unspecified atom stereocenters. The van der Waals surface area contributed by atoms with Gasteiger partial charge < -0.3 is 0 Å². The van der Waals surface area contributed by atoms with Crippen LogP contribution in [0.5, 0.6) is 0 Å². The molecule has 90 valence electrons. The predicted molar refractivity (Wildman–Crippen MR) is 73.0 cm³/mol. The summed E-state index contributed by atoms with van der Waals surface area (Å²) >= 11 is 4.89. The molecule has 1 N–H and O–H groups in total. The Labute approximate surface area is 108 Å². The molecular weight excluding hydrogens is 248 g/mol. The molecule has 0 fully saturated rings. The van der Waals surface area contributed by atoms with Crippen LogP contribution in [0.1, 0.15) is 5.56 Å². The molecule has 0 spiro atoms. The van der Waals surface area contributed by atoms with Crippen LogP contribution in [-0.2, 0) is 0 Å². The molecule has 5 nitrogen and oxygen atoms in total. The first-order chi connectivity index (χ1) is 8.77. The summed E-state index contributed by atoms with van der Waals surface area (Å²) in [6.45, 7) is 0. The third-order valence-electron chi connectivity index (χ3n) is 2.09. The monoisotopic (exact) mass is 258 g/mol. The van der Waals surface area contributed by atoms with Gasteiger partial charge in [0.05, 0.1) is 0 Å². The molecule has 0 bridgehead atoms. The lowest BCUT2D eigenvalue weighted by atomic mass is 10.2. The summed E-state index contributed by atoms with van der Waals surface area (Å²) in [5.41, 5.74) is 0.680. The summed E-state index contributed by atoms with van der Waals surface area (Å²) < 4.78 is 1.23. The molecule has 0 atom stereocenters. The maximum Gasteiger partial charge on any atom is 0.293 e. The van der Waals surface area contributed by atoms with Crippen LogP contribution in [0.25, 0.3) is 6.08 Å². The van der Waals surface area contributed by atoms with Gasteiger partial charge in [-0.2, -0.15) is 14.9 Å². The minimum absolute atomic E-state index is 0.159. The molecule has 0 saturated carbocycles. The lowest BCUT2D eigenvalue weighted by molar-refractivity contribution is 0.739. The average Bonchev–Trinajstić information content (AvgIpc) is 2.38. The number of allylic oxidation sites excluding steroid dienone is 1. The Bertz CT molecular complexity index is 657. The summed E-state index contributed by atoms with van der Waals surface area (Å²) in [7, 11) is 0. The molecular formula is C12H10N4OS. The van der Waals surface area contributed by atoms with Crippen LogP contribution in [0, 0.1) is 4.77 Å². The van der Waals surface area contributed by atoms with Crippen molar-refractivity contribution in [1.82, 2.24) is 14.9 Å². The van der Waals surface area contributed by atoms with E-state index in [4.69, 9.17) is 12.2 Å². The maximum atomic E-state index is 11.4. The van der Waals surface area contributed by atoms with Crippen molar-refractivity contribution in [2.45, 2.75) is 0 Å². The number of hydrogen-bond acceptors (Lipinski definition) is 4. The largest absolute Gasteiger partial charge is 0.293 e. The van der Waals surface area contributed by atoms with Crippen LogP contribution in [0.15, 0.2) is 52.5 Å². The molecule has 1 aromatic carbocycles. The zero-order valence-corrected chi connectivity index (χ0v) is 10.2. The Balaban J connectivity index is 2.16. The molecule has 2 aromatic rings. The van der Waals surface area contributed by atoms with Crippen molar-refractivity contribution in [2.24, 2.45) is 5.10 Å². The fourth-order valence-corrected chi connectivity index (χ4v) is 1.47. The van der Waals surface area contributed by atoms with Crippen LogP contribution < -0.4 is 5.56 Å². The van der Waals surface area contributed by atoms with Crippen molar-refractivity contribution >= 4 is 24.5 Å². The Kier molecular flexibility index (Phi) is 3.93. The normalized spacial score (nSPS) is 11.3. The van der Waals surface area contributed by atoms with E-state index >= 15 is 0 Å². The van der Waals surface area contributed by atoms with E-state index in [9.17, 15) is 4.79 Å². The van der Waals surface area contributed by atoms with Crippen LogP contribution >= 0.6 is 12.2 Å². The van der Waals surface area contributed by atoms with Gasteiger partial charge >= 0.3 is 0 Å². The maximum absolute atomic E-state index is 11.4. The molecule has 2 rings (SSSR count). The molecule has 0 aliphatic heterocycles. The highest BCUT2D eigenvalue weighted by Crippen LogP contribution is 1.99. The SMILES string of the molecule is O=c1cn[nH]c(=S)n1N=C/C=C/c1ccccc1. The molecule has 6 heteroatoms. The van der Waals surface area contributed by atoms with Crippen LogP contribution in [-0.4, -0.2) is 21.1 Å². The molecule has 0 amide bonds. The number of aromatic amines is 1. The second-order valence-corrected chi connectivity index (χ2v) is 3.75. The van der Waals surface area contributed by atoms with E-state index in [1.54, 1.807) is 6.08 Å². The van der Waals surface area contributed by atoms with Crippen molar-refractivity contribution in [3.05, 3.63) is 63.3 Å². The highest BCUT2D eigenvalue weighted by atomic mass is 32.1. The number of rotatable bonds is 3. The second-order valence-electron chi connectivity index (χ2n) is 3.36. The van der Waals surface area contributed by atoms with E-state index in [1.165, 1.54) is 6.21 Å². The van der Waals surface area contributed by atoms with Gasteiger partial charge in [0.25, 0.3) is 5.56 Å². The van der Waals surface area contributed by atoms with Crippen LogP contribution in [0.2, 0.25) is 0 Å². The van der Waals surface area contributed by atoms with E-state index in [-0.39, 0.29) is 10.3 Å². The first-order valence-electron chi connectivity index (χ1n) is 5.20. The minimum atomic E-state index is -0.372. The molecule has 1 aromatic heterocycles. The average molecular weight is 258 g/mol. The molecule has 0 aliphatic carbocycles. The Morgan fingerprint density at radius 2 is 2.11 bits per heavy atom. The van der Waals surface area contributed by atoms with E-state index in [2.05, 4.69) is 15.3 Å². The van der Waals surface area contributed by atoms with E-state index < -0.39 is 0 Å². The van der Waals surface area contributed by atoms with Gasteiger partial charge in [0.2, 0.25) is 4.77 Å². The summed E-state index contributed by atoms with van der Waals surface area (Å²) in [5, 5.41) is 9.99. The van der Waals surface area contributed by atoms with Gasteiger partial charge in [-0.1, -0.05) is 36.4 Å². The van der Waals surface area contributed by atoms with Gasteiger partial charge in [-0.25, -0.2) is 0 Å². The quantitative estimate of drug-likeness (QED) is 0.675. The number of hydrogen-bond donors (Lipinski definition) is 1. The van der Waals surface area contributed by atoms with Crippen molar-refractivity contribution in [2.75, 3.05) is 0 Å². The molecule has 1 heterocycles. The topological polar surface area (TPSA) is 63.0 Å². The third-order valence-corrected chi connectivity index (χ3v) is 2.36. The van der Waals surface area contributed by atoms with E-state index in [0.29, 0.717) is 0 Å². The first kappa shape index (κ1) is 12.1. The fourth-order valence-electron chi connectivity index (χ4n) is 1.28. The number of aromatic nitrogens is 3. The smallest absolute Gasteiger partial charge is 0.265 e. The highest BCUT2D eigenvalue weighted by Gasteiger charge is 1.92. The second kappa shape index (κ2) is 5.83. The van der Waals surface area contributed by atoms with Crippen molar-refractivity contribution in [1.29, 1.82) is 0 Å². The number of benzene rings is 1. The summed E-state index contributed by atoms with van der Waals surface area (Å²) in [6, 6.07) is 9.77. The van der Waals surface area contributed by atoms with Gasteiger partial charge in [0.1, 0.15) is 6.20 Å². The molecule has 0 saturated heterocycles. The van der Waals surface area contributed by atoms with Crippen molar-refractivity contribution in [3.8, 4) is 0 Å². The zero-order valence-electron chi connectivity index (χ0n) is 9.35. The van der Waals surface area contributed by atoms with Crippen molar-refractivity contribution in [3.63, 3.8) is 0 Å². The van der Waals surface area contributed by atoms with Gasteiger partial charge in [-0.05, 0) is 23.9 Å². The predicted octanol–water partition coefficient (Wildman–Crippen LogP) is 1.85. The van der Waals surface area contributed by atoms with Gasteiger partial charge in [-0.3, -0.25) is 9.89 Å². The minimum Gasteiger partial charge on any atom is -0.265 e. The Morgan fingerprint density at radius 1 is 1.33 bits per heavy atom. The third kappa shape index (κ3) is 3.08. The van der Waals surface area contributed by atoms with Gasteiger partial charge in [0, 0.05) is 6.21 Å². The molecule has 18 heavy (non-hydrogen) atoms. The van der Waals surface area contributed by atoms with Gasteiger partial charge in [-0.15, -0.1) is 0 Å². The number of H-pyrrole nitrogens is 1. The van der Waals surface area contributed by atoms with Crippen LogP contribution in [0.3, 0.4) is 0 Å². The Morgan fingerprint density at radius 3 is 2.83 bits per heavy atom. The van der Waals surface area contributed by atoms with E-state index in [1.807, 2.05) is 36.4 Å². The number of nitrogens with one attached hydrogen (secondary N) is 1. The summed E-state index contributed by atoms with van der Waals surface area (Å²) in [5.74, 6) is 0. The van der Waals surface area contributed by atoms with E-state index in [0.717, 1.165) is 16.4 Å². The van der Waals surface area contributed by atoms with Crippen LogP contribution in [0.4, 0.5) is 0 Å². The lowest BCUT2D eigenvalue weighted by Gasteiger charge is -1.94. The van der Waals surface area contributed by atoms with Gasteiger partial charge in [0.15, 0.2) is 0 Å². The summed E-state index contributed by atoms with van der Waals surface area (Å²) in [6.07, 6.45) is 6.23. The fraction of sp³-hybridized carbons (Fsp3) is 0. The highest BCUT2D eigenvalue weighted by molar-refractivity contribution is 7.71. The zero-order chi connectivity index (χ0) is 12.8. The molecule has 0 radical (unpaired) electrons. The number of nitrogens with zero attached hydrogens (tertiary/aromatic N) is 3. The summed E-state index contributed by atoms with van der Waals surface area (Å²) in [4.78, 5) is 11.4. The Hall–Kier alpha value is -2.34. The lowest BCUT2D eigenvalue weighted by Crippen LogP contribution is -2.17. The molecule has 0 aliphatic rings. The first-order valence-corrected chi connectivity index (χ1v) is 5.61. The standard InChI is InChI=1S/C12H10N4OS/c17-11-9-13-15-12(18)16(11)14-8-4-7-10-5-2-1-3-6-10/h1-9H,(H,15,18)/b7-4+,14-8?.